The highest BCUT2D eigenvalue weighted by Crippen LogP contribution is 2.30. The van der Waals surface area contributed by atoms with Crippen LogP contribution in [0.15, 0.2) is 22.7 Å². The molecule has 0 saturated heterocycles. The van der Waals surface area contributed by atoms with Crippen molar-refractivity contribution in [1.29, 1.82) is 0 Å². The summed E-state index contributed by atoms with van der Waals surface area (Å²) in [5.74, 6) is -0.772. The van der Waals surface area contributed by atoms with Gasteiger partial charge in [-0.25, -0.2) is 0 Å². The minimum Gasteiger partial charge on any atom is -0.481 e. The van der Waals surface area contributed by atoms with Gasteiger partial charge in [0.25, 0.3) is 0 Å². The number of ether oxygens (including phenoxy) is 1. The number of rotatable bonds is 8. The maximum atomic E-state index is 12.4. The van der Waals surface area contributed by atoms with Crippen molar-refractivity contribution in [2.75, 3.05) is 6.54 Å². The van der Waals surface area contributed by atoms with Gasteiger partial charge in [-0.2, -0.15) is 8.78 Å². The monoisotopic (exact) mass is 365 g/mol. The van der Waals surface area contributed by atoms with E-state index in [2.05, 4.69) is 26.0 Å². The molecule has 0 fully saturated rings. The van der Waals surface area contributed by atoms with Crippen LogP contribution in [0.4, 0.5) is 8.78 Å². The summed E-state index contributed by atoms with van der Waals surface area (Å²) in [4.78, 5) is 11.0. The van der Waals surface area contributed by atoms with Gasteiger partial charge < -0.3 is 15.2 Å². The first kappa shape index (κ1) is 17.8. The molecular weight excluding hydrogens is 348 g/mol. The van der Waals surface area contributed by atoms with Gasteiger partial charge in [0, 0.05) is 12.1 Å². The summed E-state index contributed by atoms with van der Waals surface area (Å²) >= 11 is 3.17. The third-order valence-corrected chi connectivity index (χ3v) is 3.70. The molecule has 4 nitrogen and oxygen atoms in total. The van der Waals surface area contributed by atoms with E-state index >= 15 is 0 Å². The molecule has 0 saturated carbocycles. The lowest BCUT2D eigenvalue weighted by Gasteiger charge is -2.19. The molecule has 0 amide bonds. The Balaban J connectivity index is 2.60. The van der Waals surface area contributed by atoms with E-state index in [1.165, 1.54) is 0 Å². The highest BCUT2D eigenvalue weighted by molar-refractivity contribution is 9.10. The molecule has 21 heavy (non-hydrogen) atoms. The van der Waals surface area contributed by atoms with Gasteiger partial charge in [-0.3, -0.25) is 4.79 Å². The number of halogens is 3. The molecule has 1 aromatic carbocycles. The van der Waals surface area contributed by atoms with Crippen LogP contribution in [0.5, 0.6) is 5.75 Å². The summed E-state index contributed by atoms with van der Waals surface area (Å²) in [5.41, 5.74) is -0.246. The van der Waals surface area contributed by atoms with Crippen LogP contribution in [0.2, 0.25) is 0 Å². The molecule has 7 heteroatoms. The van der Waals surface area contributed by atoms with E-state index in [1.54, 1.807) is 32.0 Å². The Kier molecular flexibility index (Phi) is 6.54. The van der Waals surface area contributed by atoms with E-state index in [1.807, 2.05) is 0 Å². The standard InChI is InChI=1S/C14H18BrF2NO3/c1-14(2,12(19)20)6-7-18-8-9-4-3-5-10(15)11(9)21-13(16)17/h3-5,13,18H,6-8H2,1-2H3,(H,19,20). The number of carboxylic acid groups (broad SMARTS) is 1. The summed E-state index contributed by atoms with van der Waals surface area (Å²) in [6.45, 7) is 1.16. The van der Waals surface area contributed by atoms with Crippen molar-refractivity contribution in [3.8, 4) is 5.75 Å². The molecule has 1 rings (SSSR count). The predicted octanol–water partition coefficient (Wildman–Crippen LogP) is 3.64. The largest absolute Gasteiger partial charge is 0.481 e. The zero-order valence-corrected chi connectivity index (χ0v) is 13.4. The molecular formula is C14H18BrF2NO3. The molecule has 0 atom stereocenters. The molecule has 0 aliphatic rings. The van der Waals surface area contributed by atoms with Crippen molar-refractivity contribution in [2.45, 2.75) is 33.4 Å². The molecule has 2 N–H and O–H groups in total. The first-order chi connectivity index (χ1) is 9.74. The fourth-order valence-electron chi connectivity index (χ4n) is 1.64. The lowest BCUT2D eigenvalue weighted by atomic mass is 9.90. The zero-order chi connectivity index (χ0) is 16.0. The summed E-state index contributed by atoms with van der Waals surface area (Å²) in [6, 6.07) is 5.02. The second-order valence-corrected chi connectivity index (χ2v) is 6.08. The number of hydrogen-bond acceptors (Lipinski definition) is 3. The second-order valence-electron chi connectivity index (χ2n) is 5.22. The second kappa shape index (κ2) is 7.70. The summed E-state index contributed by atoms with van der Waals surface area (Å²) in [7, 11) is 0. The Morgan fingerprint density at radius 2 is 2.14 bits per heavy atom. The van der Waals surface area contributed by atoms with E-state index in [4.69, 9.17) is 5.11 Å². The number of aliphatic carboxylic acids is 1. The maximum absolute atomic E-state index is 12.4. The van der Waals surface area contributed by atoms with Crippen molar-refractivity contribution in [3.63, 3.8) is 0 Å². The van der Waals surface area contributed by atoms with Crippen LogP contribution in [0, 0.1) is 5.41 Å². The predicted molar refractivity (Wildman–Crippen MR) is 78.5 cm³/mol. The number of para-hydroxylation sites is 1. The molecule has 1 aromatic rings. The van der Waals surface area contributed by atoms with Gasteiger partial charge >= 0.3 is 12.6 Å². The molecule has 0 bridgehead atoms. The number of alkyl halides is 2. The number of carboxylic acids is 1. The number of hydrogen-bond donors (Lipinski definition) is 2. The lowest BCUT2D eigenvalue weighted by Crippen LogP contribution is -2.29. The van der Waals surface area contributed by atoms with E-state index in [9.17, 15) is 13.6 Å². The maximum Gasteiger partial charge on any atom is 0.387 e. The van der Waals surface area contributed by atoms with Crippen LogP contribution < -0.4 is 10.1 Å². The van der Waals surface area contributed by atoms with E-state index in [0.717, 1.165) is 0 Å². The molecule has 0 aliphatic heterocycles. The average molecular weight is 366 g/mol. The van der Waals surface area contributed by atoms with Gasteiger partial charge in [0.2, 0.25) is 0 Å². The smallest absolute Gasteiger partial charge is 0.387 e. The Labute approximate surface area is 130 Å². The fourth-order valence-corrected chi connectivity index (χ4v) is 2.15. The van der Waals surface area contributed by atoms with Gasteiger partial charge in [0.05, 0.1) is 9.89 Å². The molecule has 0 aromatic heterocycles. The van der Waals surface area contributed by atoms with Gasteiger partial charge in [-0.1, -0.05) is 12.1 Å². The third kappa shape index (κ3) is 5.59. The Morgan fingerprint density at radius 1 is 1.48 bits per heavy atom. The zero-order valence-electron chi connectivity index (χ0n) is 11.8. The van der Waals surface area contributed by atoms with Gasteiger partial charge in [-0.05, 0) is 48.8 Å². The average Bonchev–Trinajstić information content (AvgIpc) is 2.37. The first-order valence-electron chi connectivity index (χ1n) is 6.40. The van der Waals surface area contributed by atoms with Crippen LogP contribution in [0.3, 0.4) is 0 Å². The summed E-state index contributed by atoms with van der Waals surface area (Å²) in [5, 5.41) is 12.0. The van der Waals surface area contributed by atoms with Crippen molar-refractivity contribution in [3.05, 3.63) is 28.2 Å². The topological polar surface area (TPSA) is 58.6 Å². The highest BCUT2D eigenvalue weighted by Gasteiger charge is 2.26. The number of carbonyl (C=O) groups is 1. The van der Waals surface area contributed by atoms with Crippen molar-refractivity contribution in [1.82, 2.24) is 5.32 Å². The Morgan fingerprint density at radius 3 is 2.71 bits per heavy atom. The lowest BCUT2D eigenvalue weighted by molar-refractivity contribution is -0.147. The molecule has 0 spiro atoms. The fraction of sp³-hybridized carbons (Fsp3) is 0.500. The normalized spacial score (nSPS) is 11.7. The summed E-state index contributed by atoms with van der Waals surface area (Å²) in [6.07, 6.45) is 0.432. The van der Waals surface area contributed by atoms with Gasteiger partial charge in [0.1, 0.15) is 5.75 Å². The van der Waals surface area contributed by atoms with Crippen LogP contribution >= 0.6 is 15.9 Å². The van der Waals surface area contributed by atoms with Crippen LogP contribution in [0.1, 0.15) is 25.8 Å². The SMILES string of the molecule is CC(C)(CCNCc1cccc(Br)c1OC(F)F)C(=O)O. The Hall–Kier alpha value is -1.21. The minimum atomic E-state index is -2.90. The quantitative estimate of drug-likeness (QED) is 0.690. The number of benzene rings is 1. The third-order valence-electron chi connectivity index (χ3n) is 3.08. The summed E-state index contributed by atoms with van der Waals surface area (Å²) < 4.78 is 29.7. The molecule has 0 aliphatic carbocycles. The van der Waals surface area contributed by atoms with Crippen LogP contribution in [-0.4, -0.2) is 24.2 Å². The first-order valence-corrected chi connectivity index (χ1v) is 7.19. The molecule has 0 radical (unpaired) electrons. The molecule has 118 valence electrons. The number of nitrogens with one attached hydrogen (secondary N) is 1. The van der Waals surface area contributed by atoms with Crippen molar-refractivity contribution >= 4 is 21.9 Å². The van der Waals surface area contributed by atoms with Crippen LogP contribution in [0.25, 0.3) is 0 Å². The van der Waals surface area contributed by atoms with E-state index in [0.29, 0.717) is 29.5 Å². The Bertz CT molecular complexity index is 495. The van der Waals surface area contributed by atoms with Gasteiger partial charge in [-0.15, -0.1) is 0 Å². The van der Waals surface area contributed by atoms with E-state index in [-0.39, 0.29) is 5.75 Å². The van der Waals surface area contributed by atoms with E-state index < -0.39 is 18.0 Å². The molecule has 0 heterocycles. The van der Waals surface area contributed by atoms with Crippen molar-refractivity contribution in [2.24, 2.45) is 5.41 Å². The molecule has 0 unspecified atom stereocenters. The highest BCUT2D eigenvalue weighted by atomic mass is 79.9. The van der Waals surface area contributed by atoms with Crippen molar-refractivity contribution < 1.29 is 23.4 Å². The van der Waals surface area contributed by atoms with Gasteiger partial charge in [0.15, 0.2) is 0 Å². The minimum absolute atomic E-state index is 0.0949. The van der Waals surface area contributed by atoms with Crippen LogP contribution in [-0.2, 0) is 11.3 Å².